The van der Waals surface area contributed by atoms with Crippen molar-refractivity contribution in [2.45, 2.75) is 20.8 Å². The van der Waals surface area contributed by atoms with E-state index in [2.05, 4.69) is 49.0 Å². The first-order valence-corrected chi connectivity index (χ1v) is 6.04. The number of aryl methyl sites for hydroxylation is 2. The second kappa shape index (κ2) is 4.18. The molecule has 1 aromatic heterocycles. The van der Waals surface area contributed by atoms with Crippen LogP contribution in [0.2, 0.25) is 0 Å². The van der Waals surface area contributed by atoms with Gasteiger partial charge in [-0.2, -0.15) is 0 Å². The summed E-state index contributed by atoms with van der Waals surface area (Å²) in [5.74, 6) is 0. The fourth-order valence-corrected chi connectivity index (χ4v) is 2.30. The second-order valence-electron chi connectivity index (χ2n) is 4.01. The normalized spacial score (nSPS) is 12.1. The van der Waals surface area contributed by atoms with Crippen molar-refractivity contribution < 1.29 is 0 Å². The molecule has 0 amide bonds. The van der Waals surface area contributed by atoms with E-state index in [-0.39, 0.29) is 0 Å². The first kappa shape index (κ1) is 11.0. The lowest BCUT2D eigenvalue weighted by Gasteiger charge is -2.13. The van der Waals surface area contributed by atoms with Crippen molar-refractivity contribution in [2.24, 2.45) is 5.73 Å². The molecule has 0 saturated carbocycles. The van der Waals surface area contributed by atoms with E-state index in [0.717, 1.165) is 11.3 Å². The number of rotatable bonds is 2. The van der Waals surface area contributed by atoms with Crippen LogP contribution in [0.25, 0.3) is 11.9 Å². The van der Waals surface area contributed by atoms with Crippen molar-refractivity contribution in [3.63, 3.8) is 0 Å². The molecule has 2 aromatic rings. The molecule has 0 spiro atoms. The zero-order valence-electron chi connectivity index (χ0n) is 9.82. The summed E-state index contributed by atoms with van der Waals surface area (Å²) >= 11 is 1.72. The molecular formula is C13H16N2S. The molecule has 3 heteroatoms. The maximum absolute atomic E-state index is 6.05. The summed E-state index contributed by atoms with van der Waals surface area (Å²) in [6.45, 7) is 6.29. The predicted octanol–water partition coefficient (Wildman–Crippen LogP) is 3.39. The molecule has 0 aliphatic carbocycles. The van der Waals surface area contributed by atoms with Gasteiger partial charge in [0.2, 0.25) is 0 Å². The maximum Gasteiger partial charge on any atom is 0.0566 e. The van der Waals surface area contributed by atoms with Gasteiger partial charge in [-0.25, -0.2) is 0 Å². The first-order valence-electron chi connectivity index (χ1n) is 5.27. The number of aromatic nitrogens is 1. The third-order valence-corrected chi connectivity index (χ3v) is 3.86. The van der Waals surface area contributed by atoms with Gasteiger partial charge in [-0.05, 0) is 26.3 Å². The molecular weight excluding hydrogens is 216 g/mol. The topological polar surface area (TPSA) is 30.9 Å². The lowest BCUT2D eigenvalue weighted by Crippen LogP contribution is -2.04. The summed E-state index contributed by atoms with van der Waals surface area (Å²) in [7, 11) is 0. The number of hydrogen-bond acceptors (Lipinski definition) is 2. The minimum atomic E-state index is 0.805. The van der Waals surface area contributed by atoms with E-state index in [9.17, 15) is 0 Å². The van der Waals surface area contributed by atoms with Gasteiger partial charge in [0.15, 0.2) is 0 Å². The Morgan fingerprint density at radius 3 is 2.31 bits per heavy atom. The van der Waals surface area contributed by atoms with Crippen molar-refractivity contribution in [1.29, 1.82) is 0 Å². The largest absolute Gasteiger partial charge is 0.397 e. The summed E-state index contributed by atoms with van der Waals surface area (Å²) in [6.07, 6.45) is 1.98. The Kier molecular flexibility index (Phi) is 2.88. The van der Waals surface area contributed by atoms with Crippen LogP contribution in [-0.2, 0) is 0 Å². The van der Waals surface area contributed by atoms with E-state index in [1.54, 1.807) is 11.5 Å². The molecule has 2 nitrogen and oxygen atoms in total. The van der Waals surface area contributed by atoms with Crippen LogP contribution in [0.4, 0.5) is 0 Å². The number of nitrogens with zero attached hydrogens (tertiary/aromatic N) is 1. The summed E-state index contributed by atoms with van der Waals surface area (Å²) in [5.41, 5.74) is 10.5. The van der Waals surface area contributed by atoms with Crippen LogP contribution in [0.5, 0.6) is 0 Å². The Balaban J connectivity index is 2.26. The van der Waals surface area contributed by atoms with E-state index in [0.29, 0.717) is 0 Å². The second-order valence-corrected chi connectivity index (χ2v) is 5.20. The highest BCUT2D eigenvalue weighted by atomic mass is 32.1. The van der Waals surface area contributed by atoms with Gasteiger partial charge in [-0.3, -0.25) is 3.96 Å². The Labute approximate surface area is 100 Å². The molecule has 0 aliphatic heterocycles. The minimum absolute atomic E-state index is 0.805. The van der Waals surface area contributed by atoms with Crippen LogP contribution in [-0.4, -0.2) is 3.96 Å². The van der Waals surface area contributed by atoms with E-state index in [1.165, 1.54) is 16.1 Å². The lowest BCUT2D eigenvalue weighted by molar-refractivity contribution is 1.11. The molecule has 2 N–H and O–H groups in total. The standard InChI is InChI=1S/C13H16N2S/c1-9-4-6-12(7-5-9)13(14)8-15-10(2)11(3)16-15/h4-8H,14H2,1-3H3/b13-8-. The van der Waals surface area contributed by atoms with Gasteiger partial charge < -0.3 is 5.73 Å². The van der Waals surface area contributed by atoms with Gasteiger partial charge >= 0.3 is 0 Å². The molecule has 16 heavy (non-hydrogen) atoms. The van der Waals surface area contributed by atoms with Crippen molar-refractivity contribution in [3.8, 4) is 0 Å². The summed E-state index contributed by atoms with van der Waals surface area (Å²) < 4.78 is 2.10. The summed E-state index contributed by atoms with van der Waals surface area (Å²) in [6, 6.07) is 8.26. The Hall–Kier alpha value is -1.48. The van der Waals surface area contributed by atoms with E-state index < -0.39 is 0 Å². The van der Waals surface area contributed by atoms with Gasteiger partial charge in [0.25, 0.3) is 0 Å². The molecule has 0 aliphatic rings. The maximum atomic E-state index is 6.05. The average Bonchev–Trinajstić information content (AvgIpc) is 2.29. The van der Waals surface area contributed by atoms with Crippen molar-refractivity contribution >= 4 is 23.4 Å². The highest BCUT2D eigenvalue weighted by Gasteiger charge is 2.04. The quantitative estimate of drug-likeness (QED) is 0.845. The average molecular weight is 232 g/mol. The highest BCUT2D eigenvalue weighted by Crippen LogP contribution is 2.21. The lowest BCUT2D eigenvalue weighted by atomic mass is 10.1. The van der Waals surface area contributed by atoms with Gasteiger partial charge in [-0.15, -0.1) is 0 Å². The fourth-order valence-electron chi connectivity index (χ4n) is 1.47. The van der Waals surface area contributed by atoms with E-state index in [4.69, 9.17) is 5.73 Å². The van der Waals surface area contributed by atoms with Gasteiger partial charge in [0.05, 0.1) is 5.70 Å². The SMILES string of the molecule is Cc1ccc(/C(N)=C/n2sc(C)c2C)cc1. The monoisotopic (exact) mass is 232 g/mol. The minimum Gasteiger partial charge on any atom is -0.397 e. The fraction of sp³-hybridized carbons (Fsp3) is 0.231. The molecule has 1 heterocycles. The molecule has 0 atom stereocenters. The van der Waals surface area contributed by atoms with Crippen molar-refractivity contribution in [1.82, 2.24) is 3.96 Å². The third kappa shape index (κ3) is 2.04. The van der Waals surface area contributed by atoms with Crippen LogP contribution in [0.15, 0.2) is 24.3 Å². The Morgan fingerprint density at radius 1 is 1.19 bits per heavy atom. The Bertz CT molecular complexity index is 515. The van der Waals surface area contributed by atoms with Crippen molar-refractivity contribution in [3.05, 3.63) is 46.0 Å². The molecule has 0 fully saturated rings. The summed E-state index contributed by atoms with van der Waals surface area (Å²) in [4.78, 5) is 1.35. The molecule has 0 unspecified atom stereocenters. The zero-order valence-corrected chi connectivity index (χ0v) is 10.6. The van der Waals surface area contributed by atoms with Crippen LogP contribution in [0.3, 0.4) is 0 Å². The number of benzene rings is 1. The van der Waals surface area contributed by atoms with Crippen LogP contribution < -0.4 is 5.73 Å². The Morgan fingerprint density at radius 2 is 1.81 bits per heavy atom. The smallest absolute Gasteiger partial charge is 0.0566 e. The molecule has 1 aromatic carbocycles. The third-order valence-electron chi connectivity index (χ3n) is 2.72. The predicted molar refractivity (Wildman–Crippen MR) is 71.3 cm³/mol. The molecule has 0 radical (unpaired) electrons. The van der Waals surface area contributed by atoms with Gasteiger partial charge in [0, 0.05) is 16.8 Å². The molecule has 0 bridgehead atoms. The van der Waals surface area contributed by atoms with Crippen molar-refractivity contribution in [2.75, 3.05) is 0 Å². The van der Waals surface area contributed by atoms with Crippen LogP contribution in [0, 0.1) is 20.8 Å². The van der Waals surface area contributed by atoms with Crippen LogP contribution in [0.1, 0.15) is 21.7 Å². The summed E-state index contributed by atoms with van der Waals surface area (Å²) in [5, 5.41) is 0. The van der Waals surface area contributed by atoms with Gasteiger partial charge in [-0.1, -0.05) is 41.4 Å². The molecule has 0 saturated heterocycles. The first-order chi connectivity index (χ1) is 7.58. The van der Waals surface area contributed by atoms with E-state index in [1.807, 2.05) is 6.20 Å². The number of nitrogens with two attached hydrogens (primary N) is 1. The highest BCUT2D eigenvalue weighted by molar-refractivity contribution is 7.08. The van der Waals surface area contributed by atoms with Crippen LogP contribution >= 0.6 is 11.5 Å². The van der Waals surface area contributed by atoms with Gasteiger partial charge in [0.1, 0.15) is 0 Å². The molecule has 84 valence electrons. The zero-order chi connectivity index (χ0) is 11.7. The van der Waals surface area contributed by atoms with E-state index >= 15 is 0 Å². The molecule has 2 rings (SSSR count). The number of hydrogen-bond donors (Lipinski definition) is 1.